The summed E-state index contributed by atoms with van der Waals surface area (Å²) >= 11 is 7.96. The molecule has 80 valence electrons. The number of rotatable bonds is 1. The summed E-state index contributed by atoms with van der Waals surface area (Å²) in [6.45, 7) is 1.69. The summed E-state index contributed by atoms with van der Waals surface area (Å²) in [5.74, 6) is 2.79. The molecule has 0 radical (unpaired) electrons. The molecule has 2 atom stereocenters. The number of thioether (sulfide) groups is 1. The minimum Gasteiger partial charge on any atom is -0.341 e. The summed E-state index contributed by atoms with van der Waals surface area (Å²) in [6, 6.07) is 0. The number of carbonyl (C=O) groups excluding carboxylic acids is 1. The van der Waals surface area contributed by atoms with E-state index in [4.69, 9.17) is 11.6 Å². The first kappa shape index (κ1) is 10.6. The van der Waals surface area contributed by atoms with Crippen LogP contribution in [0.1, 0.15) is 19.3 Å². The van der Waals surface area contributed by atoms with Crippen molar-refractivity contribution < 1.29 is 4.79 Å². The molecule has 4 heteroatoms. The van der Waals surface area contributed by atoms with Crippen LogP contribution in [0.2, 0.25) is 0 Å². The lowest BCUT2D eigenvalue weighted by atomic mass is 10.0. The molecule has 2 fully saturated rings. The first-order valence-electron chi connectivity index (χ1n) is 5.28. The highest BCUT2D eigenvalue weighted by atomic mass is 35.5. The molecule has 14 heavy (non-hydrogen) atoms. The number of piperidine rings is 1. The van der Waals surface area contributed by atoms with Gasteiger partial charge in [0.1, 0.15) is 0 Å². The van der Waals surface area contributed by atoms with Gasteiger partial charge in [0.2, 0.25) is 5.91 Å². The minimum atomic E-state index is 0.182. The average molecular weight is 234 g/mol. The second-order valence-corrected chi connectivity index (χ2v) is 5.85. The third kappa shape index (κ3) is 2.37. The fourth-order valence-corrected chi connectivity index (χ4v) is 3.65. The van der Waals surface area contributed by atoms with Crippen molar-refractivity contribution in [1.82, 2.24) is 4.90 Å². The maximum Gasteiger partial charge on any atom is 0.226 e. The zero-order valence-electron chi connectivity index (χ0n) is 8.25. The molecule has 0 aliphatic carbocycles. The Morgan fingerprint density at radius 3 is 2.93 bits per heavy atom. The second kappa shape index (κ2) is 4.75. The van der Waals surface area contributed by atoms with Gasteiger partial charge in [-0.25, -0.2) is 0 Å². The van der Waals surface area contributed by atoms with Crippen LogP contribution in [0, 0.1) is 5.92 Å². The number of halogens is 1. The highest BCUT2D eigenvalue weighted by Crippen LogP contribution is 2.26. The largest absolute Gasteiger partial charge is 0.341 e. The summed E-state index contributed by atoms with van der Waals surface area (Å²) < 4.78 is 0. The van der Waals surface area contributed by atoms with Crippen molar-refractivity contribution in [2.45, 2.75) is 24.6 Å². The summed E-state index contributed by atoms with van der Waals surface area (Å²) in [6.07, 6.45) is 3.19. The quantitative estimate of drug-likeness (QED) is 0.646. The van der Waals surface area contributed by atoms with Gasteiger partial charge >= 0.3 is 0 Å². The van der Waals surface area contributed by atoms with E-state index < -0.39 is 0 Å². The SMILES string of the molecule is O=C(C1CCSC1)N1CCCC(Cl)C1. The summed E-state index contributed by atoms with van der Waals surface area (Å²) in [5, 5.41) is 0.182. The van der Waals surface area contributed by atoms with Crippen molar-refractivity contribution in [3.8, 4) is 0 Å². The zero-order valence-corrected chi connectivity index (χ0v) is 9.82. The molecular formula is C10H16ClNOS. The van der Waals surface area contributed by atoms with Gasteiger partial charge in [0.25, 0.3) is 0 Å². The molecule has 2 nitrogen and oxygen atoms in total. The van der Waals surface area contributed by atoms with E-state index in [0.717, 1.165) is 43.9 Å². The number of alkyl halides is 1. The number of amides is 1. The Morgan fingerprint density at radius 2 is 2.29 bits per heavy atom. The Balaban J connectivity index is 1.89. The van der Waals surface area contributed by atoms with Gasteiger partial charge in [0, 0.05) is 24.8 Å². The van der Waals surface area contributed by atoms with Gasteiger partial charge in [-0.15, -0.1) is 11.6 Å². The van der Waals surface area contributed by atoms with Gasteiger partial charge in [-0.05, 0) is 25.0 Å². The van der Waals surface area contributed by atoms with E-state index in [1.807, 2.05) is 16.7 Å². The van der Waals surface area contributed by atoms with Crippen LogP contribution in [0.3, 0.4) is 0 Å². The Labute approximate surface area is 94.4 Å². The van der Waals surface area contributed by atoms with Gasteiger partial charge in [-0.1, -0.05) is 0 Å². The van der Waals surface area contributed by atoms with Crippen molar-refractivity contribution in [2.24, 2.45) is 5.92 Å². The lowest BCUT2D eigenvalue weighted by molar-refractivity contribution is -0.135. The first-order valence-corrected chi connectivity index (χ1v) is 6.87. The van der Waals surface area contributed by atoms with Gasteiger partial charge in [0.15, 0.2) is 0 Å². The van der Waals surface area contributed by atoms with Crippen LogP contribution in [0.25, 0.3) is 0 Å². The van der Waals surface area contributed by atoms with Gasteiger partial charge in [-0.2, -0.15) is 11.8 Å². The maximum absolute atomic E-state index is 12.0. The van der Waals surface area contributed by atoms with Crippen molar-refractivity contribution in [3.05, 3.63) is 0 Å². The molecule has 0 aromatic heterocycles. The number of likely N-dealkylation sites (tertiary alicyclic amines) is 1. The Bertz CT molecular complexity index is 218. The Morgan fingerprint density at radius 1 is 1.43 bits per heavy atom. The number of nitrogens with zero attached hydrogens (tertiary/aromatic N) is 1. The molecule has 2 aliphatic rings. The van der Waals surface area contributed by atoms with Crippen molar-refractivity contribution >= 4 is 29.3 Å². The maximum atomic E-state index is 12.0. The monoisotopic (exact) mass is 233 g/mol. The molecule has 0 aromatic rings. The standard InChI is InChI=1S/C10H16ClNOS/c11-9-2-1-4-12(6-9)10(13)8-3-5-14-7-8/h8-9H,1-7H2. The van der Waals surface area contributed by atoms with Crippen molar-refractivity contribution in [3.63, 3.8) is 0 Å². The van der Waals surface area contributed by atoms with Crippen LogP contribution in [-0.2, 0) is 4.79 Å². The smallest absolute Gasteiger partial charge is 0.226 e. The topological polar surface area (TPSA) is 20.3 Å². The fourth-order valence-electron chi connectivity index (χ4n) is 2.11. The van der Waals surface area contributed by atoms with Gasteiger partial charge in [-0.3, -0.25) is 4.79 Å². The molecule has 0 saturated carbocycles. The third-order valence-corrected chi connectivity index (χ3v) is 4.47. The van der Waals surface area contributed by atoms with E-state index in [1.165, 1.54) is 0 Å². The predicted octanol–water partition coefficient (Wildman–Crippen LogP) is 1.97. The third-order valence-electron chi connectivity index (χ3n) is 2.95. The predicted molar refractivity (Wildman–Crippen MR) is 60.9 cm³/mol. The van der Waals surface area contributed by atoms with Crippen LogP contribution >= 0.6 is 23.4 Å². The Hall–Kier alpha value is 0.110. The number of hydrogen-bond acceptors (Lipinski definition) is 2. The molecule has 2 unspecified atom stereocenters. The molecule has 1 amide bonds. The second-order valence-electron chi connectivity index (χ2n) is 4.08. The number of hydrogen-bond donors (Lipinski definition) is 0. The van der Waals surface area contributed by atoms with Crippen LogP contribution in [0.4, 0.5) is 0 Å². The first-order chi connectivity index (χ1) is 6.77. The van der Waals surface area contributed by atoms with Crippen LogP contribution in [0.5, 0.6) is 0 Å². The molecule has 2 saturated heterocycles. The lowest BCUT2D eigenvalue weighted by Crippen LogP contribution is -2.43. The van der Waals surface area contributed by atoms with Crippen LogP contribution in [-0.4, -0.2) is 40.8 Å². The lowest BCUT2D eigenvalue weighted by Gasteiger charge is -2.31. The molecule has 2 rings (SSSR count). The summed E-state index contributed by atoms with van der Waals surface area (Å²) in [7, 11) is 0. The zero-order chi connectivity index (χ0) is 9.97. The summed E-state index contributed by atoms with van der Waals surface area (Å²) in [5.41, 5.74) is 0. The molecule has 2 aliphatic heterocycles. The molecule has 0 N–H and O–H groups in total. The van der Waals surface area contributed by atoms with E-state index in [9.17, 15) is 4.79 Å². The van der Waals surface area contributed by atoms with E-state index in [1.54, 1.807) is 0 Å². The van der Waals surface area contributed by atoms with E-state index in [-0.39, 0.29) is 11.3 Å². The molecule has 0 aromatic carbocycles. The van der Waals surface area contributed by atoms with Crippen LogP contribution < -0.4 is 0 Å². The highest BCUT2D eigenvalue weighted by Gasteiger charge is 2.30. The van der Waals surface area contributed by atoms with Crippen LogP contribution in [0.15, 0.2) is 0 Å². The fraction of sp³-hybridized carbons (Fsp3) is 0.900. The highest BCUT2D eigenvalue weighted by molar-refractivity contribution is 7.99. The van der Waals surface area contributed by atoms with E-state index >= 15 is 0 Å². The van der Waals surface area contributed by atoms with E-state index in [0.29, 0.717) is 5.91 Å². The van der Waals surface area contributed by atoms with Gasteiger partial charge in [0.05, 0.1) is 5.38 Å². The minimum absolute atomic E-state index is 0.182. The Kier molecular flexibility index (Phi) is 3.61. The molecular weight excluding hydrogens is 218 g/mol. The van der Waals surface area contributed by atoms with Gasteiger partial charge < -0.3 is 4.90 Å². The average Bonchev–Trinajstić information content (AvgIpc) is 2.69. The number of carbonyl (C=O) groups is 1. The summed E-state index contributed by atoms with van der Waals surface area (Å²) in [4.78, 5) is 14.0. The molecule has 2 heterocycles. The van der Waals surface area contributed by atoms with E-state index in [2.05, 4.69) is 0 Å². The van der Waals surface area contributed by atoms with Crippen molar-refractivity contribution in [2.75, 3.05) is 24.6 Å². The normalized spacial score (nSPS) is 33.4. The molecule has 0 spiro atoms. The molecule has 0 bridgehead atoms. The van der Waals surface area contributed by atoms with Crippen molar-refractivity contribution in [1.29, 1.82) is 0 Å².